The van der Waals surface area contributed by atoms with E-state index in [1.165, 1.54) is 10.4 Å². The zero-order valence-corrected chi connectivity index (χ0v) is 14.4. The molecule has 0 bridgehead atoms. The van der Waals surface area contributed by atoms with Gasteiger partial charge in [0.1, 0.15) is 0 Å². The van der Waals surface area contributed by atoms with Crippen LogP contribution < -0.4 is 5.73 Å². The van der Waals surface area contributed by atoms with Gasteiger partial charge in [0.05, 0.1) is 22.1 Å². The van der Waals surface area contributed by atoms with Crippen molar-refractivity contribution < 1.29 is 16.8 Å². The number of nitrogen functional groups attached to an aromatic ring is 1. The van der Waals surface area contributed by atoms with E-state index in [1.54, 1.807) is 18.2 Å². The predicted molar refractivity (Wildman–Crippen MR) is 86.6 cm³/mol. The van der Waals surface area contributed by atoms with Gasteiger partial charge in [-0.25, -0.2) is 21.1 Å². The number of anilines is 1. The van der Waals surface area contributed by atoms with E-state index >= 15 is 0 Å². The van der Waals surface area contributed by atoms with Crippen molar-refractivity contribution in [1.29, 1.82) is 0 Å². The lowest BCUT2D eigenvalue weighted by Gasteiger charge is -2.19. The first-order valence-corrected chi connectivity index (χ1v) is 10.6. The molecule has 0 saturated carbocycles. The highest BCUT2D eigenvalue weighted by Gasteiger charge is 2.44. The minimum Gasteiger partial charge on any atom is -0.398 e. The second-order valence-electron chi connectivity index (χ2n) is 5.75. The van der Waals surface area contributed by atoms with Crippen LogP contribution in [0.2, 0.25) is 0 Å². The summed E-state index contributed by atoms with van der Waals surface area (Å²) in [5.74, 6) is -0.204. The van der Waals surface area contributed by atoms with Gasteiger partial charge in [0.25, 0.3) is 0 Å². The monoisotopic (exact) mass is 346 g/mol. The summed E-state index contributed by atoms with van der Waals surface area (Å²) < 4.78 is 50.6. The van der Waals surface area contributed by atoms with Crippen LogP contribution in [0.4, 0.5) is 5.69 Å². The van der Waals surface area contributed by atoms with Gasteiger partial charge in [-0.1, -0.05) is 25.5 Å². The Morgan fingerprint density at radius 2 is 1.82 bits per heavy atom. The van der Waals surface area contributed by atoms with Crippen molar-refractivity contribution in [2.45, 2.75) is 29.9 Å². The first-order valence-electron chi connectivity index (χ1n) is 7.21. The zero-order chi connectivity index (χ0) is 16.5. The normalized spacial score (nSPS) is 23.7. The molecule has 22 heavy (non-hydrogen) atoms. The number of sulfone groups is 1. The number of rotatable bonds is 5. The largest absolute Gasteiger partial charge is 0.398 e. The molecule has 1 saturated heterocycles. The van der Waals surface area contributed by atoms with Crippen LogP contribution >= 0.6 is 0 Å². The molecule has 1 fully saturated rings. The lowest BCUT2D eigenvalue weighted by atomic mass is 10.0. The van der Waals surface area contributed by atoms with E-state index in [0.29, 0.717) is 6.42 Å². The van der Waals surface area contributed by atoms with E-state index in [4.69, 9.17) is 5.73 Å². The van der Waals surface area contributed by atoms with Gasteiger partial charge in [0, 0.05) is 13.1 Å². The Morgan fingerprint density at radius 3 is 2.36 bits per heavy atom. The summed E-state index contributed by atoms with van der Waals surface area (Å²) in [6.45, 7) is 2.22. The third kappa shape index (κ3) is 3.28. The van der Waals surface area contributed by atoms with Gasteiger partial charge in [-0.05, 0) is 24.5 Å². The van der Waals surface area contributed by atoms with E-state index < -0.39 is 25.1 Å². The molecule has 2 N–H and O–H groups in total. The Hall–Kier alpha value is -1.12. The van der Waals surface area contributed by atoms with E-state index in [1.807, 2.05) is 6.92 Å². The molecule has 0 radical (unpaired) electrons. The molecule has 0 spiro atoms. The minimum absolute atomic E-state index is 0.000166. The van der Waals surface area contributed by atoms with E-state index in [2.05, 4.69) is 0 Å². The number of nitrogens with two attached hydrogens (primary N) is 1. The first-order chi connectivity index (χ1) is 10.2. The molecule has 1 aliphatic rings. The third-order valence-corrected chi connectivity index (χ3v) is 7.65. The standard InChI is InChI=1S/C14H22N2O4S2/c1-3-6-11-9-16(21(2,17)18)10-14(11)22(19,20)13-8-5-4-7-12(13)15/h4-5,7-8,11,14H,3,6,9-10,15H2,1-2H3/t11-,14?/m1/s1. The molecule has 2 atom stereocenters. The molecule has 124 valence electrons. The molecule has 0 amide bonds. The summed E-state index contributed by atoms with van der Waals surface area (Å²) in [4.78, 5) is 0.0939. The molecule has 1 aromatic rings. The Morgan fingerprint density at radius 1 is 1.18 bits per heavy atom. The number of para-hydroxylation sites is 1. The average Bonchev–Trinajstić information content (AvgIpc) is 2.84. The summed E-state index contributed by atoms with van der Waals surface area (Å²) in [5.41, 5.74) is 6.01. The fourth-order valence-corrected chi connectivity index (χ4v) is 6.06. The Kier molecular flexibility index (Phi) is 4.84. The van der Waals surface area contributed by atoms with Crippen LogP contribution in [-0.2, 0) is 19.9 Å². The maximum Gasteiger partial charge on any atom is 0.211 e. The lowest BCUT2D eigenvalue weighted by Crippen LogP contribution is -2.32. The van der Waals surface area contributed by atoms with Crippen molar-refractivity contribution in [3.63, 3.8) is 0 Å². The van der Waals surface area contributed by atoms with Crippen LogP contribution in [0, 0.1) is 5.92 Å². The van der Waals surface area contributed by atoms with E-state index in [0.717, 1.165) is 12.7 Å². The van der Waals surface area contributed by atoms with Gasteiger partial charge in [0.15, 0.2) is 9.84 Å². The number of nitrogens with zero attached hydrogens (tertiary/aromatic N) is 1. The van der Waals surface area contributed by atoms with E-state index in [9.17, 15) is 16.8 Å². The molecule has 6 nitrogen and oxygen atoms in total. The molecular formula is C14H22N2O4S2. The molecular weight excluding hydrogens is 324 g/mol. The Balaban J connectivity index is 2.42. The van der Waals surface area contributed by atoms with Crippen molar-refractivity contribution in [2.75, 3.05) is 25.1 Å². The van der Waals surface area contributed by atoms with Crippen LogP contribution in [-0.4, -0.2) is 45.7 Å². The second-order valence-corrected chi connectivity index (χ2v) is 9.87. The van der Waals surface area contributed by atoms with Gasteiger partial charge in [0.2, 0.25) is 10.0 Å². The average molecular weight is 346 g/mol. The quantitative estimate of drug-likeness (QED) is 0.805. The summed E-state index contributed by atoms with van der Waals surface area (Å²) in [7, 11) is -7.07. The number of benzene rings is 1. The summed E-state index contributed by atoms with van der Waals surface area (Å²) >= 11 is 0. The van der Waals surface area contributed by atoms with Gasteiger partial charge in [-0.3, -0.25) is 0 Å². The maximum atomic E-state index is 12.9. The SMILES string of the molecule is CCC[C@@H]1CN(S(C)(=O)=O)CC1S(=O)(=O)c1ccccc1N. The van der Waals surface area contributed by atoms with Crippen LogP contribution in [0.25, 0.3) is 0 Å². The zero-order valence-electron chi connectivity index (χ0n) is 12.8. The second kappa shape index (κ2) is 6.17. The first kappa shape index (κ1) is 17.2. The summed E-state index contributed by atoms with van der Waals surface area (Å²) in [6.07, 6.45) is 2.59. The van der Waals surface area contributed by atoms with Crippen molar-refractivity contribution >= 4 is 25.5 Å². The van der Waals surface area contributed by atoms with Gasteiger partial charge < -0.3 is 5.73 Å². The Labute approximate surface area is 132 Å². The molecule has 1 unspecified atom stereocenters. The van der Waals surface area contributed by atoms with Crippen LogP contribution in [0.15, 0.2) is 29.2 Å². The molecule has 0 aromatic heterocycles. The molecule has 0 aliphatic carbocycles. The van der Waals surface area contributed by atoms with Gasteiger partial charge >= 0.3 is 0 Å². The fraction of sp³-hybridized carbons (Fsp3) is 0.571. The van der Waals surface area contributed by atoms with Crippen molar-refractivity contribution in [2.24, 2.45) is 5.92 Å². The van der Waals surface area contributed by atoms with Gasteiger partial charge in [-0.15, -0.1) is 0 Å². The minimum atomic E-state index is -3.67. The van der Waals surface area contributed by atoms with Crippen molar-refractivity contribution in [3.8, 4) is 0 Å². The third-order valence-electron chi connectivity index (χ3n) is 4.10. The summed E-state index contributed by atoms with van der Waals surface area (Å²) in [6, 6.07) is 6.33. The fourth-order valence-electron chi connectivity index (χ4n) is 2.98. The maximum absolute atomic E-state index is 12.9. The topological polar surface area (TPSA) is 97.5 Å². The molecule has 1 aromatic carbocycles. The van der Waals surface area contributed by atoms with Crippen LogP contribution in [0.1, 0.15) is 19.8 Å². The Bertz CT molecular complexity index is 744. The predicted octanol–water partition coefficient (Wildman–Crippen LogP) is 1.10. The number of hydrogen-bond donors (Lipinski definition) is 1. The van der Waals surface area contributed by atoms with Crippen LogP contribution in [0.5, 0.6) is 0 Å². The van der Waals surface area contributed by atoms with Crippen molar-refractivity contribution in [1.82, 2.24) is 4.31 Å². The van der Waals surface area contributed by atoms with Gasteiger partial charge in [-0.2, -0.15) is 0 Å². The molecule has 1 heterocycles. The highest BCUT2D eigenvalue weighted by molar-refractivity contribution is 7.92. The molecule has 8 heteroatoms. The highest BCUT2D eigenvalue weighted by Crippen LogP contribution is 2.34. The molecule has 1 aliphatic heterocycles. The lowest BCUT2D eigenvalue weighted by molar-refractivity contribution is 0.447. The van der Waals surface area contributed by atoms with Crippen LogP contribution in [0.3, 0.4) is 0 Å². The molecule has 2 rings (SSSR count). The highest BCUT2D eigenvalue weighted by atomic mass is 32.2. The summed E-state index contributed by atoms with van der Waals surface area (Å²) in [5, 5.41) is -0.744. The van der Waals surface area contributed by atoms with E-state index in [-0.39, 0.29) is 29.6 Å². The number of hydrogen-bond acceptors (Lipinski definition) is 5. The number of sulfonamides is 1. The van der Waals surface area contributed by atoms with Crippen molar-refractivity contribution in [3.05, 3.63) is 24.3 Å². The smallest absolute Gasteiger partial charge is 0.211 e.